The van der Waals surface area contributed by atoms with Crippen molar-refractivity contribution in [2.24, 2.45) is 0 Å². The fraction of sp³-hybridized carbons (Fsp3) is 0. The maximum absolute atomic E-state index is 11.5. The van der Waals surface area contributed by atoms with Gasteiger partial charge in [-0.15, -0.1) is 0 Å². The van der Waals surface area contributed by atoms with Crippen LogP contribution in [-0.2, 0) is 0 Å². The molecule has 0 aliphatic rings. The predicted molar refractivity (Wildman–Crippen MR) is 58.3 cm³/mol. The maximum atomic E-state index is 11.5. The van der Waals surface area contributed by atoms with Crippen LogP contribution in [0.1, 0.15) is 10.4 Å². The number of rotatable bonds is 2. The average molecular weight is 213 g/mol. The van der Waals surface area contributed by atoms with E-state index >= 15 is 0 Å². The minimum Gasteiger partial charge on any atom is -0.872 e. The lowest BCUT2D eigenvalue weighted by atomic mass is 10.0. The second-order valence-corrected chi connectivity index (χ2v) is 3.38. The van der Waals surface area contributed by atoms with Crippen molar-refractivity contribution in [2.45, 2.75) is 0 Å². The van der Waals surface area contributed by atoms with Gasteiger partial charge in [0.2, 0.25) is 0 Å². The number of aromatic carboxylic acids is 1. The Kier molecular flexibility index (Phi) is 2.60. The van der Waals surface area contributed by atoms with E-state index in [2.05, 4.69) is 0 Å². The highest BCUT2D eigenvalue weighted by Gasteiger charge is 2.04. The quantitative estimate of drug-likeness (QED) is 0.831. The van der Waals surface area contributed by atoms with Crippen LogP contribution in [0.4, 0.5) is 0 Å². The molecule has 0 spiro atoms. The van der Waals surface area contributed by atoms with Crippen LogP contribution in [0.15, 0.2) is 48.5 Å². The first-order valence-corrected chi connectivity index (χ1v) is 4.78. The van der Waals surface area contributed by atoms with Crippen LogP contribution in [0.5, 0.6) is 5.75 Å². The van der Waals surface area contributed by atoms with Crippen LogP contribution in [0.2, 0.25) is 0 Å². The minimum absolute atomic E-state index is 0.195. The summed E-state index contributed by atoms with van der Waals surface area (Å²) in [4.78, 5) is 10.7. The summed E-state index contributed by atoms with van der Waals surface area (Å²) in [5.41, 5.74) is 1.44. The topological polar surface area (TPSA) is 60.4 Å². The van der Waals surface area contributed by atoms with Gasteiger partial charge in [-0.3, -0.25) is 0 Å². The predicted octanol–water partition coefficient (Wildman–Crippen LogP) is 2.13. The summed E-state index contributed by atoms with van der Waals surface area (Å²) in [7, 11) is 0. The van der Waals surface area contributed by atoms with E-state index in [9.17, 15) is 9.90 Å². The van der Waals surface area contributed by atoms with Crippen molar-refractivity contribution < 1.29 is 15.0 Å². The molecule has 0 aliphatic carbocycles. The van der Waals surface area contributed by atoms with Gasteiger partial charge >= 0.3 is 5.97 Å². The van der Waals surface area contributed by atoms with Crippen LogP contribution in [-0.4, -0.2) is 11.1 Å². The van der Waals surface area contributed by atoms with E-state index in [0.29, 0.717) is 0 Å². The molecule has 2 aromatic carbocycles. The van der Waals surface area contributed by atoms with Crippen LogP contribution >= 0.6 is 0 Å². The molecule has 16 heavy (non-hydrogen) atoms. The summed E-state index contributed by atoms with van der Waals surface area (Å²) >= 11 is 0. The van der Waals surface area contributed by atoms with Gasteiger partial charge in [0.05, 0.1) is 5.56 Å². The van der Waals surface area contributed by atoms with Gasteiger partial charge in [-0.05, 0) is 17.2 Å². The summed E-state index contributed by atoms with van der Waals surface area (Å²) in [6.45, 7) is 0. The lowest BCUT2D eigenvalue weighted by molar-refractivity contribution is -0.268. The van der Waals surface area contributed by atoms with Gasteiger partial charge in [0.15, 0.2) is 0 Å². The molecule has 0 saturated carbocycles. The van der Waals surface area contributed by atoms with Crippen molar-refractivity contribution in [2.75, 3.05) is 0 Å². The highest BCUT2D eigenvalue weighted by molar-refractivity contribution is 5.91. The Balaban J connectivity index is 2.46. The number of carbonyl (C=O) groups is 1. The number of carboxylic acid groups (broad SMARTS) is 1. The van der Waals surface area contributed by atoms with Gasteiger partial charge in [-0.2, -0.15) is 0 Å². The summed E-state index contributed by atoms with van der Waals surface area (Å²) in [6, 6.07) is 13.7. The summed E-state index contributed by atoms with van der Waals surface area (Å²) in [5, 5.41) is 20.2. The van der Waals surface area contributed by atoms with E-state index in [1.54, 1.807) is 6.07 Å². The molecule has 0 heterocycles. The minimum atomic E-state index is -1.19. The molecule has 2 rings (SSSR count). The molecular weight excluding hydrogens is 204 g/mol. The fourth-order valence-electron chi connectivity index (χ4n) is 1.51. The molecule has 0 unspecified atom stereocenters. The largest absolute Gasteiger partial charge is 0.872 e. The van der Waals surface area contributed by atoms with Crippen molar-refractivity contribution in [3.05, 3.63) is 54.1 Å². The van der Waals surface area contributed by atoms with Gasteiger partial charge in [0, 0.05) is 0 Å². The van der Waals surface area contributed by atoms with E-state index in [4.69, 9.17) is 5.11 Å². The van der Waals surface area contributed by atoms with Crippen LogP contribution in [0.3, 0.4) is 0 Å². The molecule has 0 radical (unpaired) electrons. The number of carboxylic acids is 1. The molecule has 80 valence electrons. The van der Waals surface area contributed by atoms with Gasteiger partial charge in [0.1, 0.15) is 0 Å². The SMILES string of the molecule is O=C(O)c1ccc(-c2ccccc2)cc1[O-]. The third-order valence-electron chi connectivity index (χ3n) is 2.32. The molecule has 0 fully saturated rings. The molecule has 0 aromatic heterocycles. The summed E-state index contributed by atoms with van der Waals surface area (Å²) in [6.07, 6.45) is 0. The first-order valence-electron chi connectivity index (χ1n) is 4.78. The Morgan fingerprint density at radius 1 is 1.00 bits per heavy atom. The van der Waals surface area contributed by atoms with E-state index in [1.165, 1.54) is 12.1 Å². The third-order valence-corrected chi connectivity index (χ3v) is 2.32. The monoisotopic (exact) mass is 213 g/mol. The third kappa shape index (κ3) is 1.88. The zero-order valence-electron chi connectivity index (χ0n) is 8.38. The molecular formula is C13H9O3-. The molecule has 3 nitrogen and oxygen atoms in total. The summed E-state index contributed by atoms with van der Waals surface area (Å²) in [5.74, 6) is -1.65. The second-order valence-electron chi connectivity index (χ2n) is 3.38. The Morgan fingerprint density at radius 3 is 2.25 bits per heavy atom. The van der Waals surface area contributed by atoms with E-state index in [0.717, 1.165) is 11.1 Å². The maximum Gasteiger partial charge on any atom is 0.335 e. The average Bonchev–Trinajstić information content (AvgIpc) is 2.29. The molecule has 2 aromatic rings. The Hall–Kier alpha value is -2.29. The highest BCUT2D eigenvalue weighted by Crippen LogP contribution is 2.24. The van der Waals surface area contributed by atoms with Crippen LogP contribution in [0.25, 0.3) is 11.1 Å². The molecule has 0 atom stereocenters. The molecule has 0 saturated heterocycles. The zero-order chi connectivity index (χ0) is 11.5. The lowest BCUT2D eigenvalue weighted by Gasteiger charge is -2.12. The highest BCUT2D eigenvalue weighted by atomic mass is 16.4. The first kappa shape index (κ1) is 10.2. The van der Waals surface area contributed by atoms with Gasteiger partial charge < -0.3 is 10.2 Å². The van der Waals surface area contributed by atoms with Crippen LogP contribution in [0, 0.1) is 0 Å². The molecule has 0 aliphatic heterocycles. The van der Waals surface area contributed by atoms with Crippen molar-refractivity contribution in [3.8, 4) is 16.9 Å². The van der Waals surface area contributed by atoms with E-state index < -0.39 is 11.7 Å². The lowest BCUT2D eigenvalue weighted by Crippen LogP contribution is -2.03. The van der Waals surface area contributed by atoms with Crippen molar-refractivity contribution in [3.63, 3.8) is 0 Å². The van der Waals surface area contributed by atoms with Gasteiger partial charge in [0.25, 0.3) is 0 Å². The normalized spacial score (nSPS) is 10.0. The smallest absolute Gasteiger partial charge is 0.335 e. The van der Waals surface area contributed by atoms with Gasteiger partial charge in [-0.1, -0.05) is 48.2 Å². The zero-order valence-corrected chi connectivity index (χ0v) is 8.38. The van der Waals surface area contributed by atoms with Crippen LogP contribution < -0.4 is 5.11 Å². The number of hydrogen-bond acceptors (Lipinski definition) is 2. The second kappa shape index (κ2) is 4.06. The Labute approximate surface area is 92.6 Å². The van der Waals surface area contributed by atoms with E-state index in [1.807, 2.05) is 30.3 Å². The van der Waals surface area contributed by atoms with Crippen molar-refractivity contribution in [1.82, 2.24) is 0 Å². The molecule has 1 N–H and O–H groups in total. The Morgan fingerprint density at radius 2 is 1.69 bits per heavy atom. The Bertz CT molecular complexity index is 518. The number of benzene rings is 2. The first-order chi connectivity index (χ1) is 7.68. The molecule has 3 heteroatoms. The van der Waals surface area contributed by atoms with Gasteiger partial charge in [-0.25, -0.2) is 4.79 Å². The number of hydrogen-bond donors (Lipinski definition) is 1. The standard InChI is InChI=1S/C13H10O3/c14-12-8-10(6-7-11(12)13(15)16)9-4-2-1-3-5-9/h1-8,14H,(H,15,16)/p-1. The fourth-order valence-corrected chi connectivity index (χ4v) is 1.51. The van der Waals surface area contributed by atoms with Crippen molar-refractivity contribution >= 4 is 5.97 Å². The van der Waals surface area contributed by atoms with E-state index in [-0.39, 0.29) is 5.56 Å². The van der Waals surface area contributed by atoms with Crippen molar-refractivity contribution in [1.29, 1.82) is 0 Å². The molecule has 0 bridgehead atoms. The summed E-state index contributed by atoms with van der Waals surface area (Å²) < 4.78 is 0. The molecule has 0 amide bonds.